The molecule has 0 unspecified atom stereocenters. The Morgan fingerprint density at radius 2 is 1.80 bits per heavy atom. The Bertz CT molecular complexity index is 549. The monoisotopic (exact) mass is 345 g/mol. The fraction of sp³-hybridized carbons (Fsp3) is 0.650. The second-order valence-corrected chi connectivity index (χ2v) is 7.40. The molecule has 1 aliphatic carbocycles. The van der Waals surface area contributed by atoms with E-state index in [1.807, 2.05) is 0 Å². The van der Waals surface area contributed by atoms with Gasteiger partial charge in [0.15, 0.2) is 0 Å². The third-order valence-corrected chi connectivity index (χ3v) is 5.29. The number of hydrogen-bond acceptors (Lipinski definition) is 4. The van der Waals surface area contributed by atoms with E-state index in [4.69, 9.17) is 4.74 Å². The summed E-state index contributed by atoms with van der Waals surface area (Å²) in [5, 5.41) is 3.29. The zero-order valence-corrected chi connectivity index (χ0v) is 15.5. The summed E-state index contributed by atoms with van der Waals surface area (Å²) in [5.41, 5.74) is 2.50. The van der Waals surface area contributed by atoms with Gasteiger partial charge in [0, 0.05) is 39.8 Å². The van der Waals surface area contributed by atoms with Gasteiger partial charge in [-0.25, -0.2) is 0 Å². The van der Waals surface area contributed by atoms with E-state index in [1.165, 1.54) is 24.0 Å². The summed E-state index contributed by atoms with van der Waals surface area (Å²) in [5.74, 6) is 0.764. The van der Waals surface area contributed by atoms with Crippen LogP contribution in [0.15, 0.2) is 24.3 Å². The van der Waals surface area contributed by atoms with Crippen LogP contribution in [0.3, 0.4) is 0 Å². The zero-order valence-electron chi connectivity index (χ0n) is 15.5. The minimum Gasteiger partial charge on any atom is -0.383 e. The lowest BCUT2D eigenvalue weighted by atomic mass is 10.0. The van der Waals surface area contributed by atoms with Gasteiger partial charge in [-0.1, -0.05) is 29.8 Å². The van der Waals surface area contributed by atoms with E-state index < -0.39 is 0 Å². The Morgan fingerprint density at radius 3 is 2.40 bits per heavy atom. The molecule has 25 heavy (non-hydrogen) atoms. The molecule has 0 radical (unpaired) electrons. The maximum Gasteiger partial charge on any atom is 0.234 e. The van der Waals surface area contributed by atoms with E-state index >= 15 is 0 Å². The highest BCUT2D eigenvalue weighted by molar-refractivity contribution is 5.78. The SMILES string of the molecule is COCCN1CCN(CC(=O)N[C@@H](c2ccc(C)cc2)C2CC2)CC1. The van der Waals surface area contributed by atoms with Crippen molar-refractivity contribution in [3.63, 3.8) is 0 Å². The van der Waals surface area contributed by atoms with E-state index in [0.717, 1.165) is 39.3 Å². The Hall–Kier alpha value is -1.43. The van der Waals surface area contributed by atoms with Crippen molar-refractivity contribution < 1.29 is 9.53 Å². The van der Waals surface area contributed by atoms with Gasteiger partial charge < -0.3 is 10.1 Å². The van der Waals surface area contributed by atoms with Crippen molar-refractivity contribution in [3.05, 3.63) is 35.4 Å². The lowest BCUT2D eigenvalue weighted by Crippen LogP contribution is -2.50. The number of nitrogens with one attached hydrogen (secondary N) is 1. The fourth-order valence-corrected chi connectivity index (χ4v) is 3.49. The van der Waals surface area contributed by atoms with Gasteiger partial charge in [0.25, 0.3) is 0 Å². The smallest absolute Gasteiger partial charge is 0.234 e. The van der Waals surface area contributed by atoms with E-state index in [-0.39, 0.29) is 11.9 Å². The lowest BCUT2D eigenvalue weighted by Gasteiger charge is -2.34. The van der Waals surface area contributed by atoms with Crippen LogP contribution in [0.4, 0.5) is 0 Å². The molecule has 138 valence electrons. The van der Waals surface area contributed by atoms with Gasteiger partial charge in [-0.3, -0.25) is 14.6 Å². The highest BCUT2D eigenvalue weighted by atomic mass is 16.5. The van der Waals surface area contributed by atoms with Gasteiger partial charge in [0.05, 0.1) is 19.2 Å². The molecule has 1 heterocycles. The molecule has 0 aromatic heterocycles. The summed E-state index contributed by atoms with van der Waals surface area (Å²) in [4.78, 5) is 17.2. The van der Waals surface area contributed by atoms with E-state index in [0.29, 0.717) is 12.5 Å². The van der Waals surface area contributed by atoms with Gasteiger partial charge in [0.1, 0.15) is 0 Å². The number of ether oxygens (including phenoxy) is 1. The molecule has 0 bridgehead atoms. The van der Waals surface area contributed by atoms with Crippen molar-refractivity contribution in [3.8, 4) is 0 Å². The van der Waals surface area contributed by atoms with Crippen molar-refractivity contribution in [2.24, 2.45) is 5.92 Å². The number of rotatable bonds is 8. The van der Waals surface area contributed by atoms with E-state index in [1.54, 1.807) is 7.11 Å². The molecule has 2 fully saturated rings. The number of hydrogen-bond donors (Lipinski definition) is 1. The summed E-state index contributed by atoms with van der Waals surface area (Å²) < 4.78 is 5.14. The van der Waals surface area contributed by atoms with Crippen LogP contribution in [0.25, 0.3) is 0 Å². The summed E-state index contributed by atoms with van der Waals surface area (Å²) in [6.07, 6.45) is 2.44. The minimum atomic E-state index is 0.155. The molecule has 1 saturated carbocycles. The van der Waals surface area contributed by atoms with Crippen LogP contribution in [0.5, 0.6) is 0 Å². The molecule has 1 amide bonds. The first-order valence-electron chi connectivity index (χ1n) is 9.45. The first-order chi connectivity index (χ1) is 12.2. The van der Waals surface area contributed by atoms with Crippen LogP contribution >= 0.6 is 0 Å². The van der Waals surface area contributed by atoms with Crippen LogP contribution in [0, 0.1) is 12.8 Å². The minimum absolute atomic E-state index is 0.155. The van der Waals surface area contributed by atoms with Gasteiger partial charge in [-0.05, 0) is 31.2 Å². The van der Waals surface area contributed by atoms with Crippen molar-refractivity contribution in [2.45, 2.75) is 25.8 Å². The number of amides is 1. The fourth-order valence-electron chi connectivity index (χ4n) is 3.49. The van der Waals surface area contributed by atoms with Crippen molar-refractivity contribution in [1.82, 2.24) is 15.1 Å². The second-order valence-electron chi connectivity index (χ2n) is 7.40. The van der Waals surface area contributed by atoms with Crippen LogP contribution in [0.1, 0.15) is 30.0 Å². The zero-order chi connectivity index (χ0) is 17.6. The number of nitrogens with zero attached hydrogens (tertiary/aromatic N) is 2. The third kappa shape index (κ3) is 5.53. The number of piperazine rings is 1. The average molecular weight is 345 g/mol. The molecule has 3 rings (SSSR count). The molecule has 1 aromatic carbocycles. The lowest BCUT2D eigenvalue weighted by molar-refractivity contribution is -0.123. The number of methoxy groups -OCH3 is 1. The predicted octanol–water partition coefficient (Wildman–Crippen LogP) is 1.83. The van der Waals surface area contributed by atoms with Crippen LogP contribution in [0.2, 0.25) is 0 Å². The third-order valence-electron chi connectivity index (χ3n) is 5.29. The van der Waals surface area contributed by atoms with Crippen LogP contribution in [-0.2, 0) is 9.53 Å². The molecule has 5 heteroatoms. The molecule has 1 aliphatic heterocycles. The quantitative estimate of drug-likeness (QED) is 0.781. The number of aryl methyl sites for hydroxylation is 1. The molecular weight excluding hydrogens is 314 g/mol. The largest absolute Gasteiger partial charge is 0.383 e. The molecule has 1 N–H and O–H groups in total. The standard InChI is InChI=1S/C20H31N3O2/c1-16-3-5-17(6-4-16)20(18-7-8-18)21-19(24)15-23-11-9-22(10-12-23)13-14-25-2/h3-6,18,20H,7-15H2,1-2H3,(H,21,24)/t20-/m0/s1. The highest BCUT2D eigenvalue weighted by Crippen LogP contribution is 2.41. The number of benzene rings is 1. The molecule has 1 saturated heterocycles. The Labute approximate surface area is 151 Å². The summed E-state index contributed by atoms with van der Waals surface area (Å²) in [7, 11) is 1.74. The first kappa shape index (κ1) is 18.4. The maximum absolute atomic E-state index is 12.6. The van der Waals surface area contributed by atoms with E-state index in [2.05, 4.69) is 46.3 Å². The molecule has 5 nitrogen and oxygen atoms in total. The van der Waals surface area contributed by atoms with Crippen molar-refractivity contribution in [2.75, 3.05) is 53.0 Å². The summed E-state index contributed by atoms with van der Waals surface area (Å²) >= 11 is 0. The topological polar surface area (TPSA) is 44.8 Å². The molecule has 0 spiro atoms. The Morgan fingerprint density at radius 1 is 1.16 bits per heavy atom. The normalized spacial score (nSPS) is 20.4. The summed E-state index contributed by atoms with van der Waals surface area (Å²) in [6, 6.07) is 8.77. The van der Waals surface area contributed by atoms with Gasteiger partial charge >= 0.3 is 0 Å². The Balaban J connectivity index is 1.47. The predicted molar refractivity (Wildman–Crippen MR) is 99.5 cm³/mol. The molecule has 2 aliphatic rings. The molecule has 1 atom stereocenters. The first-order valence-corrected chi connectivity index (χ1v) is 9.45. The second kappa shape index (κ2) is 8.79. The van der Waals surface area contributed by atoms with Gasteiger partial charge in [-0.15, -0.1) is 0 Å². The molecular formula is C20H31N3O2. The van der Waals surface area contributed by atoms with Crippen molar-refractivity contribution in [1.29, 1.82) is 0 Å². The number of carbonyl (C=O) groups excluding carboxylic acids is 1. The summed E-state index contributed by atoms with van der Waals surface area (Å²) in [6.45, 7) is 8.30. The van der Waals surface area contributed by atoms with Gasteiger partial charge in [-0.2, -0.15) is 0 Å². The molecule has 1 aromatic rings. The Kier molecular flexibility index (Phi) is 6.45. The maximum atomic E-state index is 12.6. The van der Waals surface area contributed by atoms with Crippen molar-refractivity contribution >= 4 is 5.91 Å². The van der Waals surface area contributed by atoms with Gasteiger partial charge in [0.2, 0.25) is 5.91 Å². The van der Waals surface area contributed by atoms with E-state index in [9.17, 15) is 4.79 Å². The average Bonchev–Trinajstić information content (AvgIpc) is 3.45. The van der Waals surface area contributed by atoms with Crippen LogP contribution in [-0.4, -0.2) is 68.7 Å². The number of carbonyl (C=O) groups is 1. The van der Waals surface area contributed by atoms with Crippen LogP contribution < -0.4 is 5.32 Å². The highest BCUT2D eigenvalue weighted by Gasteiger charge is 2.33.